The molecule has 0 fully saturated rings. The zero-order valence-electron chi connectivity index (χ0n) is 8.83. The number of halogens is 2. The van der Waals surface area contributed by atoms with Gasteiger partial charge in [0.15, 0.2) is 0 Å². The number of pyridine rings is 1. The molecule has 2 rings (SSSR count). The number of rotatable bonds is 2. The molecule has 0 bridgehead atoms. The third-order valence-electron chi connectivity index (χ3n) is 2.06. The summed E-state index contributed by atoms with van der Waals surface area (Å²) >= 11 is 7.20. The number of amides is 1. The van der Waals surface area contributed by atoms with Crippen molar-refractivity contribution in [1.82, 2.24) is 4.98 Å². The Bertz CT molecular complexity index is 570. The molecule has 2 aromatic heterocycles. The van der Waals surface area contributed by atoms with E-state index < -0.39 is 5.95 Å². The highest BCUT2D eigenvalue weighted by Gasteiger charge is 2.15. The first-order valence-corrected chi connectivity index (χ1v) is 6.01. The highest BCUT2D eigenvalue weighted by molar-refractivity contribution is 7.13. The monoisotopic (exact) mass is 270 g/mol. The number of aryl methyl sites for hydroxylation is 1. The molecule has 0 radical (unpaired) electrons. The molecule has 0 unspecified atom stereocenters. The maximum atomic E-state index is 12.8. The number of nitrogens with zero attached hydrogens (tertiary/aromatic N) is 1. The lowest BCUT2D eigenvalue weighted by molar-refractivity contribution is 0.103. The molecule has 0 spiro atoms. The Hall–Kier alpha value is -1.46. The first kappa shape index (κ1) is 12.0. The largest absolute Gasteiger partial charge is 0.306 e. The second-order valence-electron chi connectivity index (χ2n) is 3.36. The second kappa shape index (κ2) is 4.81. The number of aromatic nitrogens is 1. The van der Waals surface area contributed by atoms with Gasteiger partial charge in [-0.2, -0.15) is 4.39 Å². The molecule has 0 saturated heterocycles. The number of carbonyl (C=O) groups excluding carboxylic acids is 1. The van der Waals surface area contributed by atoms with Crippen LogP contribution >= 0.6 is 22.9 Å². The van der Waals surface area contributed by atoms with E-state index in [-0.39, 0.29) is 11.7 Å². The molecule has 0 aromatic carbocycles. The van der Waals surface area contributed by atoms with Crippen LogP contribution in [0.4, 0.5) is 10.2 Å². The number of anilines is 1. The summed E-state index contributed by atoms with van der Waals surface area (Å²) < 4.78 is 12.8. The fourth-order valence-corrected chi connectivity index (χ4v) is 2.41. The van der Waals surface area contributed by atoms with Crippen molar-refractivity contribution in [3.8, 4) is 0 Å². The Kier molecular flexibility index (Phi) is 3.40. The molecule has 0 aliphatic carbocycles. The lowest BCUT2D eigenvalue weighted by atomic mass is 10.3. The van der Waals surface area contributed by atoms with Gasteiger partial charge in [-0.1, -0.05) is 17.7 Å². The molecule has 2 heterocycles. The zero-order chi connectivity index (χ0) is 12.4. The SMILES string of the molecule is Cc1csc(C(=O)Nc2cccc(F)n2)c1Cl. The van der Waals surface area contributed by atoms with Crippen LogP contribution in [0.1, 0.15) is 15.2 Å². The van der Waals surface area contributed by atoms with E-state index in [1.54, 1.807) is 5.38 Å². The third-order valence-corrected chi connectivity index (χ3v) is 3.76. The second-order valence-corrected chi connectivity index (χ2v) is 4.62. The van der Waals surface area contributed by atoms with Crippen LogP contribution in [0.15, 0.2) is 23.6 Å². The van der Waals surface area contributed by atoms with Crippen LogP contribution in [0.25, 0.3) is 0 Å². The summed E-state index contributed by atoms with van der Waals surface area (Å²) in [5, 5.41) is 4.70. The van der Waals surface area contributed by atoms with E-state index in [1.165, 1.54) is 29.5 Å². The van der Waals surface area contributed by atoms with Crippen molar-refractivity contribution < 1.29 is 9.18 Å². The van der Waals surface area contributed by atoms with Crippen molar-refractivity contribution in [1.29, 1.82) is 0 Å². The van der Waals surface area contributed by atoms with Gasteiger partial charge in [0.1, 0.15) is 10.7 Å². The van der Waals surface area contributed by atoms with Gasteiger partial charge in [0.25, 0.3) is 5.91 Å². The molecular weight excluding hydrogens is 263 g/mol. The minimum atomic E-state index is -0.642. The minimum absolute atomic E-state index is 0.164. The van der Waals surface area contributed by atoms with Crippen molar-refractivity contribution in [3.05, 3.63) is 45.0 Å². The maximum absolute atomic E-state index is 12.8. The van der Waals surface area contributed by atoms with E-state index >= 15 is 0 Å². The molecule has 88 valence electrons. The van der Waals surface area contributed by atoms with Crippen LogP contribution in [-0.2, 0) is 0 Å². The van der Waals surface area contributed by atoms with Crippen LogP contribution in [0, 0.1) is 12.9 Å². The van der Waals surface area contributed by atoms with Crippen molar-refractivity contribution in [2.45, 2.75) is 6.92 Å². The van der Waals surface area contributed by atoms with E-state index in [9.17, 15) is 9.18 Å². The topological polar surface area (TPSA) is 42.0 Å². The molecule has 0 aliphatic heterocycles. The number of hydrogen-bond donors (Lipinski definition) is 1. The van der Waals surface area contributed by atoms with Gasteiger partial charge in [-0.05, 0) is 30.0 Å². The predicted molar refractivity (Wildman–Crippen MR) is 66.2 cm³/mol. The third kappa shape index (κ3) is 2.62. The summed E-state index contributed by atoms with van der Waals surface area (Å²) in [5.74, 6) is -0.862. The number of thiophene rings is 1. The fourth-order valence-electron chi connectivity index (χ4n) is 1.23. The smallest absolute Gasteiger partial charge is 0.268 e. The van der Waals surface area contributed by atoms with Gasteiger partial charge in [-0.3, -0.25) is 4.79 Å². The molecule has 17 heavy (non-hydrogen) atoms. The predicted octanol–water partition coefficient (Wildman–Crippen LogP) is 3.50. The molecule has 6 heteroatoms. The molecule has 3 nitrogen and oxygen atoms in total. The van der Waals surface area contributed by atoms with Crippen molar-refractivity contribution in [2.75, 3.05) is 5.32 Å². The summed E-state index contributed by atoms with van der Waals surface area (Å²) in [6.45, 7) is 1.82. The van der Waals surface area contributed by atoms with Gasteiger partial charge in [0.2, 0.25) is 5.95 Å². The van der Waals surface area contributed by atoms with Crippen LogP contribution < -0.4 is 5.32 Å². The Morgan fingerprint density at radius 3 is 2.88 bits per heavy atom. The van der Waals surface area contributed by atoms with Crippen LogP contribution in [0.3, 0.4) is 0 Å². The molecule has 2 aromatic rings. The van der Waals surface area contributed by atoms with Crippen LogP contribution in [-0.4, -0.2) is 10.9 Å². The van der Waals surface area contributed by atoms with Gasteiger partial charge in [0.05, 0.1) is 5.02 Å². The average Bonchev–Trinajstić information content (AvgIpc) is 2.60. The Morgan fingerprint density at radius 1 is 1.53 bits per heavy atom. The molecule has 0 aliphatic rings. The quantitative estimate of drug-likeness (QED) is 0.849. The summed E-state index contributed by atoms with van der Waals surface area (Å²) in [6, 6.07) is 4.19. The average molecular weight is 271 g/mol. The number of hydrogen-bond acceptors (Lipinski definition) is 3. The number of carbonyl (C=O) groups is 1. The van der Waals surface area contributed by atoms with Gasteiger partial charge in [0, 0.05) is 0 Å². The Labute approximate surface area is 106 Å². The van der Waals surface area contributed by atoms with Gasteiger partial charge >= 0.3 is 0 Å². The summed E-state index contributed by atoms with van der Waals surface area (Å²) in [4.78, 5) is 15.7. The fraction of sp³-hybridized carbons (Fsp3) is 0.0909. The maximum Gasteiger partial charge on any atom is 0.268 e. The molecule has 0 saturated carbocycles. The lowest BCUT2D eigenvalue weighted by Crippen LogP contribution is -2.12. The van der Waals surface area contributed by atoms with Gasteiger partial charge in [-0.15, -0.1) is 11.3 Å². The lowest BCUT2D eigenvalue weighted by Gasteiger charge is -2.02. The highest BCUT2D eigenvalue weighted by Crippen LogP contribution is 2.27. The highest BCUT2D eigenvalue weighted by atomic mass is 35.5. The Balaban J connectivity index is 2.20. The van der Waals surface area contributed by atoms with Crippen molar-refractivity contribution >= 4 is 34.7 Å². The standard InChI is InChI=1S/C11H8ClFN2OS/c1-6-5-17-10(9(6)12)11(16)15-8-4-2-3-7(13)14-8/h2-5H,1H3,(H,14,15,16). The van der Waals surface area contributed by atoms with Gasteiger partial charge < -0.3 is 5.32 Å². The van der Waals surface area contributed by atoms with Crippen molar-refractivity contribution in [3.63, 3.8) is 0 Å². The number of nitrogens with one attached hydrogen (secondary N) is 1. The van der Waals surface area contributed by atoms with E-state index in [2.05, 4.69) is 10.3 Å². The molecule has 0 atom stereocenters. The zero-order valence-corrected chi connectivity index (χ0v) is 10.4. The van der Waals surface area contributed by atoms with E-state index in [4.69, 9.17) is 11.6 Å². The van der Waals surface area contributed by atoms with E-state index in [0.29, 0.717) is 9.90 Å². The van der Waals surface area contributed by atoms with E-state index in [1.807, 2.05) is 6.92 Å². The normalized spacial score (nSPS) is 10.3. The summed E-state index contributed by atoms with van der Waals surface area (Å²) in [5.41, 5.74) is 0.842. The molecule has 1 N–H and O–H groups in total. The van der Waals surface area contributed by atoms with Crippen LogP contribution in [0.2, 0.25) is 5.02 Å². The molecule has 1 amide bonds. The minimum Gasteiger partial charge on any atom is -0.306 e. The first-order valence-electron chi connectivity index (χ1n) is 4.75. The van der Waals surface area contributed by atoms with Crippen molar-refractivity contribution in [2.24, 2.45) is 0 Å². The first-order chi connectivity index (χ1) is 8.08. The summed E-state index contributed by atoms with van der Waals surface area (Å²) in [6.07, 6.45) is 0. The van der Waals surface area contributed by atoms with E-state index in [0.717, 1.165) is 5.56 Å². The van der Waals surface area contributed by atoms with Gasteiger partial charge in [-0.25, -0.2) is 4.98 Å². The Morgan fingerprint density at radius 2 is 2.29 bits per heavy atom. The van der Waals surface area contributed by atoms with Crippen LogP contribution in [0.5, 0.6) is 0 Å². The summed E-state index contributed by atoms with van der Waals surface area (Å²) in [7, 11) is 0. The molecular formula is C11H8ClFN2OS.